The number of nitrogens with one attached hydrogen (secondary N) is 1. The van der Waals surface area contributed by atoms with Crippen LogP contribution in [0.3, 0.4) is 0 Å². The first-order chi connectivity index (χ1) is 9.11. The fourth-order valence-corrected chi connectivity index (χ4v) is 2.95. The molecule has 0 aliphatic heterocycles. The van der Waals surface area contributed by atoms with Crippen molar-refractivity contribution in [1.29, 1.82) is 0 Å². The van der Waals surface area contributed by atoms with Gasteiger partial charge in [0.05, 0.1) is 6.04 Å². The zero-order chi connectivity index (χ0) is 13.8. The summed E-state index contributed by atoms with van der Waals surface area (Å²) in [6.45, 7) is 5.14. The number of nitrogens with zero attached hydrogens (tertiary/aromatic N) is 2. The molecule has 0 amide bonds. The third-order valence-electron chi connectivity index (χ3n) is 3.28. The highest BCUT2D eigenvalue weighted by Crippen LogP contribution is 2.27. The van der Waals surface area contributed by atoms with Crippen molar-refractivity contribution < 1.29 is 0 Å². The molecule has 1 N–H and O–H groups in total. The van der Waals surface area contributed by atoms with Crippen LogP contribution in [0.2, 0.25) is 0 Å². The second kappa shape index (κ2) is 6.17. The van der Waals surface area contributed by atoms with Gasteiger partial charge in [0.25, 0.3) is 0 Å². The van der Waals surface area contributed by atoms with E-state index in [1.54, 1.807) is 11.3 Å². The maximum Gasteiger partial charge on any atom is 0.129 e. The predicted octanol–water partition coefficient (Wildman–Crippen LogP) is 3.37. The topological polar surface area (TPSA) is 28.2 Å². The second-order valence-electron chi connectivity index (χ2n) is 4.81. The molecule has 102 valence electrons. The molecule has 2 aromatic heterocycles. The SMILES string of the molecule is CNCc1cc(C)nc(N(C)C(C)c2cccs2)c1. The molecular formula is C15H21N3S. The standard InChI is InChI=1S/C15H21N3S/c1-11-8-13(10-16-3)9-15(17-11)18(4)12(2)14-6-5-7-19-14/h5-9,12,16H,10H2,1-4H3. The second-order valence-corrected chi connectivity index (χ2v) is 5.79. The number of pyridine rings is 1. The largest absolute Gasteiger partial charge is 0.352 e. The molecule has 0 fully saturated rings. The molecule has 0 saturated carbocycles. The number of hydrogen-bond acceptors (Lipinski definition) is 4. The first kappa shape index (κ1) is 14.0. The average molecular weight is 275 g/mol. The van der Waals surface area contributed by atoms with Crippen LogP contribution >= 0.6 is 11.3 Å². The molecule has 0 spiro atoms. The fourth-order valence-electron chi connectivity index (χ4n) is 2.13. The number of aromatic nitrogens is 1. The molecule has 3 nitrogen and oxygen atoms in total. The Hall–Kier alpha value is -1.39. The summed E-state index contributed by atoms with van der Waals surface area (Å²) in [7, 11) is 4.07. The molecule has 0 aromatic carbocycles. The van der Waals surface area contributed by atoms with Crippen molar-refractivity contribution in [2.75, 3.05) is 19.0 Å². The Bertz CT molecular complexity index is 522. The third kappa shape index (κ3) is 3.33. The van der Waals surface area contributed by atoms with E-state index in [1.807, 2.05) is 14.0 Å². The molecular weight excluding hydrogens is 254 g/mol. The van der Waals surface area contributed by atoms with Crippen molar-refractivity contribution >= 4 is 17.2 Å². The molecule has 0 aliphatic carbocycles. The van der Waals surface area contributed by atoms with Gasteiger partial charge in [-0.25, -0.2) is 4.98 Å². The number of hydrogen-bond donors (Lipinski definition) is 1. The van der Waals surface area contributed by atoms with Crippen molar-refractivity contribution in [3.63, 3.8) is 0 Å². The highest BCUT2D eigenvalue weighted by Gasteiger charge is 2.15. The number of thiophene rings is 1. The van der Waals surface area contributed by atoms with Crippen LogP contribution in [0.1, 0.15) is 29.1 Å². The van der Waals surface area contributed by atoms with Crippen molar-refractivity contribution in [3.05, 3.63) is 45.8 Å². The van der Waals surface area contributed by atoms with E-state index in [1.165, 1.54) is 10.4 Å². The quantitative estimate of drug-likeness (QED) is 0.907. The lowest BCUT2D eigenvalue weighted by atomic mass is 10.2. The molecule has 2 heterocycles. The summed E-state index contributed by atoms with van der Waals surface area (Å²) >= 11 is 1.79. The molecule has 1 unspecified atom stereocenters. The van der Waals surface area contributed by atoms with Gasteiger partial charge in [0.15, 0.2) is 0 Å². The van der Waals surface area contributed by atoms with E-state index in [-0.39, 0.29) is 0 Å². The van der Waals surface area contributed by atoms with Gasteiger partial charge in [-0.2, -0.15) is 0 Å². The molecule has 0 aliphatic rings. The highest BCUT2D eigenvalue weighted by atomic mass is 32.1. The minimum Gasteiger partial charge on any atom is -0.352 e. The molecule has 0 saturated heterocycles. The Morgan fingerprint density at radius 3 is 2.84 bits per heavy atom. The Balaban J connectivity index is 2.25. The van der Waals surface area contributed by atoms with Crippen molar-refractivity contribution in [1.82, 2.24) is 10.3 Å². The van der Waals surface area contributed by atoms with Crippen LogP contribution in [0.4, 0.5) is 5.82 Å². The van der Waals surface area contributed by atoms with Crippen LogP contribution in [-0.2, 0) is 6.54 Å². The molecule has 0 radical (unpaired) electrons. The predicted molar refractivity (Wildman–Crippen MR) is 82.9 cm³/mol. The zero-order valence-corrected chi connectivity index (χ0v) is 12.8. The van der Waals surface area contributed by atoms with E-state index >= 15 is 0 Å². The van der Waals surface area contributed by atoms with Crippen LogP contribution in [0.5, 0.6) is 0 Å². The van der Waals surface area contributed by atoms with E-state index in [0.717, 1.165) is 18.1 Å². The molecule has 4 heteroatoms. The molecule has 2 rings (SSSR count). The van der Waals surface area contributed by atoms with Crippen LogP contribution in [-0.4, -0.2) is 19.1 Å². The first-order valence-electron chi connectivity index (χ1n) is 6.50. The smallest absolute Gasteiger partial charge is 0.129 e. The van der Waals surface area contributed by atoms with Gasteiger partial charge in [0.2, 0.25) is 0 Å². The van der Waals surface area contributed by atoms with Gasteiger partial charge in [-0.05, 0) is 50.0 Å². The highest BCUT2D eigenvalue weighted by molar-refractivity contribution is 7.10. The lowest BCUT2D eigenvalue weighted by molar-refractivity contribution is 0.736. The number of anilines is 1. The molecule has 19 heavy (non-hydrogen) atoms. The van der Waals surface area contributed by atoms with E-state index in [2.05, 4.69) is 58.8 Å². The third-order valence-corrected chi connectivity index (χ3v) is 4.32. The maximum atomic E-state index is 4.65. The van der Waals surface area contributed by atoms with Gasteiger partial charge in [-0.15, -0.1) is 11.3 Å². The van der Waals surface area contributed by atoms with Crippen molar-refractivity contribution in [3.8, 4) is 0 Å². The summed E-state index contributed by atoms with van der Waals surface area (Å²) in [6.07, 6.45) is 0. The summed E-state index contributed by atoms with van der Waals surface area (Å²) < 4.78 is 0. The van der Waals surface area contributed by atoms with E-state index in [0.29, 0.717) is 6.04 Å². The van der Waals surface area contributed by atoms with Crippen LogP contribution in [0, 0.1) is 6.92 Å². The maximum absolute atomic E-state index is 4.65. The average Bonchev–Trinajstić information content (AvgIpc) is 2.90. The van der Waals surface area contributed by atoms with Crippen LogP contribution in [0.25, 0.3) is 0 Å². The van der Waals surface area contributed by atoms with E-state index in [4.69, 9.17) is 0 Å². The van der Waals surface area contributed by atoms with E-state index in [9.17, 15) is 0 Å². The number of aryl methyl sites for hydroxylation is 1. The van der Waals surface area contributed by atoms with Crippen LogP contribution < -0.4 is 10.2 Å². The van der Waals surface area contributed by atoms with Gasteiger partial charge in [0, 0.05) is 24.2 Å². The normalized spacial score (nSPS) is 12.4. The zero-order valence-electron chi connectivity index (χ0n) is 12.0. The van der Waals surface area contributed by atoms with Gasteiger partial charge >= 0.3 is 0 Å². The molecule has 2 aromatic rings. The Labute approximate surface area is 119 Å². The van der Waals surface area contributed by atoms with Gasteiger partial charge in [-0.1, -0.05) is 6.07 Å². The minimum absolute atomic E-state index is 0.344. The van der Waals surface area contributed by atoms with Crippen molar-refractivity contribution in [2.24, 2.45) is 0 Å². The van der Waals surface area contributed by atoms with Gasteiger partial charge in [0.1, 0.15) is 5.82 Å². The lowest BCUT2D eigenvalue weighted by Crippen LogP contribution is -2.22. The Morgan fingerprint density at radius 2 is 2.21 bits per heavy atom. The number of rotatable bonds is 5. The molecule has 1 atom stereocenters. The van der Waals surface area contributed by atoms with Gasteiger partial charge in [-0.3, -0.25) is 0 Å². The fraction of sp³-hybridized carbons (Fsp3) is 0.400. The molecule has 0 bridgehead atoms. The summed E-state index contributed by atoms with van der Waals surface area (Å²) in [6, 6.07) is 8.91. The lowest BCUT2D eigenvalue weighted by Gasteiger charge is -2.26. The first-order valence-corrected chi connectivity index (χ1v) is 7.38. The van der Waals surface area contributed by atoms with Gasteiger partial charge < -0.3 is 10.2 Å². The minimum atomic E-state index is 0.344. The van der Waals surface area contributed by atoms with E-state index < -0.39 is 0 Å². The Morgan fingerprint density at radius 1 is 1.42 bits per heavy atom. The van der Waals surface area contributed by atoms with Crippen molar-refractivity contribution in [2.45, 2.75) is 26.4 Å². The summed E-state index contributed by atoms with van der Waals surface area (Å²) in [5.41, 5.74) is 2.34. The van der Waals surface area contributed by atoms with Crippen LogP contribution in [0.15, 0.2) is 29.6 Å². The Kier molecular flexibility index (Phi) is 4.56. The monoisotopic (exact) mass is 275 g/mol. The summed E-state index contributed by atoms with van der Waals surface area (Å²) in [5.74, 6) is 1.03. The summed E-state index contributed by atoms with van der Waals surface area (Å²) in [4.78, 5) is 8.25. The summed E-state index contributed by atoms with van der Waals surface area (Å²) in [5, 5.41) is 5.31.